The smallest absolute Gasteiger partial charge is 0.251 e. The van der Waals surface area contributed by atoms with Gasteiger partial charge in [-0.1, -0.05) is 40.9 Å². The van der Waals surface area contributed by atoms with Gasteiger partial charge in [0.2, 0.25) is 0 Å². The van der Waals surface area contributed by atoms with E-state index in [4.69, 9.17) is 11.6 Å². The molecule has 0 bridgehead atoms. The standard InChI is InChI=1S/C23H29ClN4O/c1-15-11-16(2)13-18(12-15)23(29)25-20-7-9-28(10-8-20)22-14-21(26-27-22)17-3-5-19(24)6-4-17/h3-6,11-13,20-22,26-27H,7-10,14H2,1-2H3,(H,25,29). The highest BCUT2D eigenvalue weighted by atomic mass is 35.5. The first kappa shape index (κ1) is 20.4. The zero-order chi connectivity index (χ0) is 20.4. The quantitative estimate of drug-likeness (QED) is 0.716. The molecule has 0 radical (unpaired) electrons. The van der Waals surface area contributed by atoms with Crippen LogP contribution in [0.3, 0.4) is 0 Å². The SMILES string of the molecule is Cc1cc(C)cc(C(=O)NC2CCN(C3CC(c4ccc(Cl)cc4)NN3)CC2)c1. The molecule has 2 atom stereocenters. The summed E-state index contributed by atoms with van der Waals surface area (Å²) < 4.78 is 0. The van der Waals surface area contributed by atoms with Crippen LogP contribution in [-0.2, 0) is 0 Å². The highest BCUT2D eigenvalue weighted by Gasteiger charge is 2.32. The third kappa shape index (κ3) is 4.98. The Kier molecular flexibility index (Phi) is 6.20. The zero-order valence-corrected chi connectivity index (χ0v) is 17.8. The number of hydrogen-bond acceptors (Lipinski definition) is 4. The molecule has 0 spiro atoms. The first-order valence-electron chi connectivity index (χ1n) is 10.4. The molecule has 2 aromatic rings. The Morgan fingerprint density at radius 3 is 2.34 bits per heavy atom. The van der Waals surface area contributed by atoms with Gasteiger partial charge in [-0.25, -0.2) is 10.9 Å². The van der Waals surface area contributed by atoms with E-state index >= 15 is 0 Å². The van der Waals surface area contributed by atoms with Gasteiger partial charge in [0.25, 0.3) is 5.91 Å². The van der Waals surface area contributed by atoms with Gasteiger partial charge in [0, 0.05) is 35.8 Å². The number of hydrazine groups is 1. The van der Waals surface area contributed by atoms with Gasteiger partial charge in [0.15, 0.2) is 0 Å². The second-order valence-electron chi connectivity index (χ2n) is 8.30. The molecule has 3 N–H and O–H groups in total. The summed E-state index contributed by atoms with van der Waals surface area (Å²) in [6, 6.07) is 14.6. The van der Waals surface area contributed by atoms with E-state index in [0.717, 1.165) is 54.1 Å². The third-order valence-corrected chi connectivity index (χ3v) is 6.20. The molecule has 29 heavy (non-hydrogen) atoms. The number of halogens is 1. The summed E-state index contributed by atoms with van der Waals surface area (Å²) in [5, 5.41) is 3.99. The van der Waals surface area contributed by atoms with E-state index in [9.17, 15) is 4.79 Å². The molecule has 0 aliphatic carbocycles. The van der Waals surface area contributed by atoms with Crippen LogP contribution in [0.25, 0.3) is 0 Å². The molecule has 1 amide bonds. The predicted octanol–water partition coefficient (Wildman–Crippen LogP) is 3.72. The second kappa shape index (κ2) is 8.84. The van der Waals surface area contributed by atoms with Crippen molar-refractivity contribution in [3.8, 4) is 0 Å². The van der Waals surface area contributed by atoms with Crippen LogP contribution in [0.5, 0.6) is 0 Å². The van der Waals surface area contributed by atoms with Crippen LogP contribution in [0, 0.1) is 13.8 Å². The number of hydrogen-bond donors (Lipinski definition) is 3. The van der Waals surface area contributed by atoms with Crippen molar-refractivity contribution in [1.29, 1.82) is 0 Å². The van der Waals surface area contributed by atoms with E-state index in [0.29, 0.717) is 12.2 Å². The lowest BCUT2D eigenvalue weighted by molar-refractivity contribution is 0.0879. The maximum Gasteiger partial charge on any atom is 0.251 e. The summed E-state index contributed by atoms with van der Waals surface area (Å²) >= 11 is 6.00. The van der Waals surface area contributed by atoms with Gasteiger partial charge in [-0.3, -0.25) is 9.69 Å². The minimum absolute atomic E-state index is 0.0405. The highest BCUT2D eigenvalue weighted by molar-refractivity contribution is 6.30. The fourth-order valence-electron chi connectivity index (χ4n) is 4.42. The number of nitrogens with zero attached hydrogens (tertiary/aromatic N) is 1. The summed E-state index contributed by atoms with van der Waals surface area (Å²) in [6.07, 6.45) is 3.27. The number of rotatable bonds is 4. The molecule has 5 nitrogen and oxygen atoms in total. The van der Waals surface area contributed by atoms with E-state index in [1.807, 2.05) is 38.1 Å². The molecule has 0 saturated carbocycles. The van der Waals surface area contributed by atoms with Gasteiger partial charge in [0.05, 0.1) is 6.17 Å². The number of likely N-dealkylation sites (tertiary alicyclic amines) is 1. The van der Waals surface area contributed by atoms with Gasteiger partial charge in [0.1, 0.15) is 0 Å². The maximum atomic E-state index is 12.6. The molecule has 2 unspecified atom stereocenters. The van der Waals surface area contributed by atoms with Crippen molar-refractivity contribution in [2.75, 3.05) is 13.1 Å². The van der Waals surface area contributed by atoms with Gasteiger partial charge < -0.3 is 5.32 Å². The van der Waals surface area contributed by atoms with E-state index in [1.54, 1.807) is 0 Å². The van der Waals surface area contributed by atoms with Gasteiger partial charge in [-0.15, -0.1) is 0 Å². The van der Waals surface area contributed by atoms with Crippen LogP contribution < -0.4 is 16.2 Å². The minimum atomic E-state index is 0.0405. The van der Waals surface area contributed by atoms with E-state index in [-0.39, 0.29) is 11.9 Å². The lowest BCUT2D eigenvalue weighted by Gasteiger charge is -2.35. The largest absolute Gasteiger partial charge is 0.349 e. The summed E-state index contributed by atoms with van der Waals surface area (Å²) in [5.74, 6) is 0.0405. The normalized spacial score (nSPS) is 23.3. The molecule has 2 fully saturated rings. The second-order valence-corrected chi connectivity index (χ2v) is 8.74. The Bertz CT molecular complexity index is 841. The van der Waals surface area contributed by atoms with Crippen molar-refractivity contribution in [2.24, 2.45) is 0 Å². The number of piperidine rings is 1. The lowest BCUT2D eigenvalue weighted by Crippen LogP contribution is -2.51. The molecule has 2 aliphatic heterocycles. The minimum Gasteiger partial charge on any atom is -0.349 e. The molecule has 0 aromatic heterocycles. The monoisotopic (exact) mass is 412 g/mol. The summed E-state index contributed by atoms with van der Waals surface area (Å²) in [5.41, 5.74) is 11.1. The number of amides is 1. The van der Waals surface area contributed by atoms with Crippen LogP contribution in [0.2, 0.25) is 5.02 Å². The number of carbonyl (C=O) groups excluding carboxylic acids is 1. The Morgan fingerprint density at radius 1 is 1.03 bits per heavy atom. The third-order valence-electron chi connectivity index (χ3n) is 5.94. The molecule has 154 valence electrons. The molecule has 2 heterocycles. The van der Waals surface area contributed by atoms with Gasteiger partial charge in [-0.05, 0) is 62.9 Å². The van der Waals surface area contributed by atoms with Crippen molar-refractivity contribution in [1.82, 2.24) is 21.1 Å². The predicted molar refractivity (Wildman–Crippen MR) is 117 cm³/mol. The first-order valence-corrected chi connectivity index (χ1v) is 10.8. The zero-order valence-electron chi connectivity index (χ0n) is 17.0. The summed E-state index contributed by atoms with van der Waals surface area (Å²) in [4.78, 5) is 15.1. The molecule has 6 heteroatoms. The average Bonchev–Trinajstić information content (AvgIpc) is 3.18. The van der Waals surface area contributed by atoms with Gasteiger partial charge >= 0.3 is 0 Å². The van der Waals surface area contributed by atoms with Crippen LogP contribution in [0.15, 0.2) is 42.5 Å². The summed E-state index contributed by atoms with van der Waals surface area (Å²) in [7, 11) is 0. The molecular weight excluding hydrogens is 384 g/mol. The Hall–Kier alpha value is -1.92. The number of benzene rings is 2. The Labute approximate surface area is 177 Å². The van der Waals surface area contributed by atoms with Crippen molar-refractivity contribution >= 4 is 17.5 Å². The highest BCUT2D eigenvalue weighted by Crippen LogP contribution is 2.26. The lowest BCUT2D eigenvalue weighted by atomic mass is 10.0. The maximum absolute atomic E-state index is 12.6. The molecule has 4 rings (SSSR count). The number of aryl methyl sites for hydroxylation is 2. The van der Waals surface area contributed by atoms with Crippen LogP contribution in [-0.4, -0.2) is 36.1 Å². The molecular formula is C23H29ClN4O. The Balaban J connectivity index is 1.27. The summed E-state index contributed by atoms with van der Waals surface area (Å²) in [6.45, 7) is 6.01. The fourth-order valence-corrected chi connectivity index (χ4v) is 4.55. The molecule has 2 aromatic carbocycles. The molecule has 2 aliphatic rings. The average molecular weight is 413 g/mol. The van der Waals surface area contributed by atoms with Gasteiger partial charge in [-0.2, -0.15) is 0 Å². The Morgan fingerprint density at radius 2 is 1.69 bits per heavy atom. The van der Waals surface area contributed by atoms with Crippen molar-refractivity contribution in [3.05, 3.63) is 69.7 Å². The van der Waals surface area contributed by atoms with Crippen LogP contribution in [0.1, 0.15) is 52.4 Å². The fraction of sp³-hybridized carbons (Fsp3) is 0.435. The van der Waals surface area contributed by atoms with Crippen molar-refractivity contribution in [3.63, 3.8) is 0 Å². The van der Waals surface area contributed by atoms with E-state index < -0.39 is 0 Å². The first-order chi connectivity index (χ1) is 14.0. The topological polar surface area (TPSA) is 56.4 Å². The van der Waals surface area contributed by atoms with E-state index in [1.165, 1.54) is 5.56 Å². The molecule has 2 saturated heterocycles. The van der Waals surface area contributed by atoms with Crippen LogP contribution in [0.4, 0.5) is 0 Å². The van der Waals surface area contributed by atoms with Crippen LogP contribution >= 0.6 is 11.6 Å². The number of carbonyl (C=O) groups is 1. The van der Waals surface area contributed by atoms with E-state index in [2.05, 4.69) is 39.3 Å². The van der Waals surface area contributed by atoms with Crippen molar-refractivity contribution < 1.29 is 4.79 Å². The van der Waals surface area contributed by atoms with Crippen molar-refractivity contribution in [2.45, 2.75) is 51.4 Å². The number of nitrogens with one attached hydrogen (secondary N) is 3.